The zero-order chi connectivity index (χ0) is 20.5. The number of nitrogens with zero attached hydrogens (tertiary/aromatic N) is 6. The lowest BCUT2D eigenvalue weighted by atomic mass is 9.98. The third-order valence-corrected chi connectivity index (χ3v) is 4.88. The van der Waals surface area contributed by atoms with Gasteiger partial charge in [0.2, 0.25) is 11.8 Å². The van der Waals surface area contributed by atoms with Crippen molar-refractivity contribution >= 4 is 17.0 Å². The van der Waals surface area contributed by atoms with Crippen molar-refractivity contribution in [2.24, 2.45) is 0 Å². The zero-order valence-corrected chi connectivity index (χ0v) is 15.7. The maximum Gasteiger partial charge on any atom is 0.264 e. The van der Waals surface area contributed by atoms with Gasteiger partial charge in [-0.3, -0.25) is 9.36 Å². The smallest absolute Gasteiger partial charge is 0.264 e. The molecule has 9 nitrogen and oxygen atoms in total. The monoisotopic (exact) mass is 396 g/mol. The van der Waals surface area contributed by atoms with E-state index in [-0.39, 0.29) is 11.5 Å². The Balaban J connectivity index is 1.49. The van der Waals surface area contributed by atoms with Gasteiger partial charge in [-0.05, 0) is 34.0 Å². The molecule has 0 aliphatic rings. The molecule has 0 spiro atoms. The van der Waals surface area contributed by atoms with Crippen molar-refractivity contribution in [1.82, 2.24) is 35.2 Å². The van der Waals surface area contributed by atoms with Crippen molar-refractivity contribution in [2.45, 2.75) is 6.54 Å². The number of nitrogen functional groups attached to an aromatic ring is 1. The average molecular weight is 396 g/mol. The van der Waals surface area contributed by atoms with Crippen LogP contribution in [0, 0.1) is 0 Å². The summed E-state index contributed by atoms with van der Waals surface area (Å²) >= 11 is 0. The molecule has 0 saturated carbocycles. The number of tetrazole rings is 1. The molecule has 3 aromatic heterocycles. The molecule has 30 heavy (non-hydrogen) atoms. The normalized spacial score (nSPS) is 11.1. The maximum atomic E-state index is 12.8. The van der Waals surface area contributed by atoms with Crippen LogP contribution in [0.5, 0.6) is 0 Å². The lowest BCUT2D eigenvalue weighted by Crippen LogP contribution is -2.25. The van der Waals surface area contributed by atoms with Crippen molar-refractivity contribution < 1.29 is 0 Å². The first-order valence-corrected chi connectivity index (χ1v) is 9.24. The molecular weight excluding hydrogens is 380 g/mol. The van der Waals surface area contributed by atoms with E-state index >= 15 is 0 Å². The van der Waals surface area contributed by atoms with E-state index in [1.54, 1.807) is 18.3 Å². The summed E-state index contributed by atoms with van der Waals surface area (Å²) in [6, 6.07) is 19.2. The molecular formula is C21H16N8O. The highest BCUT2D eigenvalue weighted by Gasteiger charge is 2.12. The minimum atomic E-state index is -0.211. The van der Waals surface area contributed by atoms with Crippen LogP contribution in [-0.2, 0) is 6.54 Å². The summed E-state index contributed by atoms with van der Waals surface area (Å²) in [6.45, 7) is 0.315. The minimum absolute atomic E-state index is 0.137. The number of aromatic nitrogens is 7. The summed E-state index contributed by atoms with van der Waals surface area (Å²) in [5.74, 6) is 0.669. The van der Waals surface area contributed by atoms with Crippen molar-refractivity contribution in [3.05, 3.63) is 82.8 Å². The number of hydrogen-bond acceptors (Lipinski definition) is 7. The van der Waals surface area contributed by atoms with Gasteiger partial charge in [-0.1, -0.05) is 48.5 Å². The Morgan fingerprint density at radius 1 is 0.967 bits per heavy atom. The highest BCUT2D eigenvalue weighted by molar-refractivity contribution is 5.80. The number of aromatic amines is 1. The van der Waals surface area contributed by atoms with Crippen LogP contribution in [0.15, 0.2) is 71.7 Å². The van der Waals surface area contributed by atoms with Gasteiger partial charge in [0.1, 0.15) is 0 Å². The van der Waals surface area contributed by atoms with Crippen LogP contribution in [0.2, 0.25) is 0 Å². The lowest BCUT2D eigenvalue weighted by Gasteiger charge is -2.11. The molecule has 0 unspecified atom stereocenters. The number of hydrogen-bond donors (Lipinski definition) is 2. The van der Waals surface area contributed by atoms with Gasteiger partial charge in [0, 0.05) is 11.8 Å². The number of pyridine rings is 1. The first kappa shape index (κ1) is 17.7. The zero-order valence-electron chi connectivity index (χ0n) is 15.7. The molecule has 0 atom stereocenters. The van der Waals surface area contributed by atoms with Crippen molar-refractivity contribution in [1.29, 1.82) is 0 Å². The average Bonchev–Trinajstić information content (AvgIpc) is 3.32. The standard InChI is InChI=1S/C21H16N8O/c22-21-24-18-17(6-3-11-23-18)20(30)29(21)12-13-7-9-14(10-8-13)15-4-1-2-5-16(15)19-25-27-28-26-19/h1-11H,12H2,(H2,22,23,24)(H,25,26,27,28). The van der Waals surface area contributed by atoms with E-state index in [0.29, 0.717) is 23.4 Å². The molecule has 0 radical (unpaired) electrons. The largest absolute Gasteiger partial charge is 0.369 e. The molecule has 0 aliphatic carbocycles. The summed E-state index contributed by atoms with van der Waals surface area (Å²) in [6.07, 6.45) is 1.59. The van der Waals surface area contributed by atoms with Crippen LogP contribution in [0.4, 0.5) is 5.95 Å². The van der Waals surface area contributed by atoms with Gasteiger partial charge in [0.25, 0.3) is 5.56 Å². The molecule has 3 heterocycles. The molecule has 9 heteroatoms. The number of nitrogens with two attached hydrogens (primary N) is 1. The fourth-order valence-corrected chi connectivity index (χ4v) is 3.40. The second-order valence-electron chi connectivity index (χ2n) is 6.71. The summed E-state index contributed by atoms with van der Waals surface area (Å²) < 4.78 is 1.45. The van der Waals surface area contributed by atoms with E-state index in [2.05, 4.69) is 30.6 Å². The second-order valence-corrected chi connectivity index (χ2v) is 6.71. The Labute approximate surface area is 170 Å². The van der Waals surface area contributed by atoms with Crippen LogP contribution < -0.4 is 11.3 Å². The van der Waals surface area contributed by atoms with Crippen molar-refractivity contribution in [3.63, 3.8) is 0 Å². The maximum absolute atomic E-state index is 12.8. The topological polar surface area (TPSA) is 128 Å². The third kappa shape index (κ3) is 3.08. The molecule has 3 N–H and O–H groups in total. The molecule has 2 aromatic carbocycles. The van der Waals surface area contributed by atoms with Gasteiger partial charge in [0.15, 0.2) is 5.65 Å². The Morgan fingerprint density at radius 3 is 2.53 bits per heavy atom. The molecule has 0 aliphatic heterocycles. The Bertz CT molecular complexity index is 1390. The lowest BCUT2D eigenvalue weighted by molar-refractivity contribution is 0.762. The number of nitrogens with one attached hydrogen (secondary N) is 1. The summed E-state index contributed by atoms with van der Waals surface area (Å²) in [5.41, 5.74) is 9.95. The first-order chi connectivity index (χ1) is 14.7. The van der Waals surface area contributed by atoms with E-state index in [1.165, 1.54) is 4.57 Å². The minimum Gasteiger partial charge on any atom is -0.369 e. The van der Waals surface area contributed by atoms with Gasteiger partial charge in [-0.15, -0.1) is 10.2 Å². The second kappa shape index (κ2) is 7.21. The number of fused-ring (bicyclic) bond motifs is 1. The molecule has 0 saturated heterocycles. The summed E-state index contributed by atoms with van der Waals surface area (Å²) in [5, 5.41) is 14.7. The number of anilines is 1. The molecule has 0 fully saturated rings. The Hall–Kier alpha value is -4.40. The van der Waals surface area contributed by atoms with Gasteiger partial charge >= 0.3 is 0 Å². The number of benzene rings is 2. The molecule has 5 aromatic rings. The van der Waals surface area contributed by atoms with Crippen LogP contribution in [-0.4, -0.2) is 35.2 Å². The van der Waals surface area contributed by atoms with Gasteiger partial charge in [-0.25, -0.2) is 4.98 Å². The molecule has 0 bridgehead atoms. The van der Waals surface area contributed by atoms with Crippen LogP contribution in [0.3, 0.4) is 0 Å². The first-order valence-electron chi connectivity index (χ1n) is 9.24. The van der Waals surface area contributed by atoms with E-state index in [1.807, 2.05) is 48.5 Å². The third-order valence-electron chi connectivity index (χ3n) is 4.88. The molecule has 5 rings (SSSR count). The van der Waals surface area contributed by atoms with Crippen molar-refractivity contribution in [2.75, 3.05) is 5.73 Å². The van der Waals surface area contributed by atoms with Crippen LogP contribution >= 0.6 is 0 Å². The van der Waals surface area contributed by atoms with E-state index in [0.717, 1.165) is 22.3 Å². The van der Waals surface area contributed by atoms with Crippen molar-refractivity contribution in [3.8, 4) is 22.5 Å². The van der Waals surface area contributed by atoms with Crippen LogP contribution in [0.1, 0.15) is 5.56 Å². The summed E-state index contributed by atoms with van der Waals surface area (Å²) in [7, 11) is 0. The Kier molecular flexibility index (Phi) is 4.25. The number of H-pyrrole nitrogens is 1. The fraction of sp³-hybridized carbons (Fsp3) is 0.0476. The number of rotatable bonds is 4. The highest BCUT2D eigenvalue weighted by Crippen LogP contribution is 2.29. The molecule has 0 amide bonds. The van der Waals surface area contributed by atoms with E-state index in [9.17, 15) is 4.79 Å². The van der Waals surface area contributed by atoms with E-state index < -0.39 is 0 Å². The highest BCUT2D eigenvalue weighted by atomic mass is 16.1. The summed E-state index contributed by atoms with van der Waals surface area (Å²) in [4.78, 5) is 21.1. The Morgan fingerprint density at radius 2 is 1.77 bits per heavy atom. The fourth-order valence-electron chi connectivity index (χ4n) is 3.40. The SMILES string of the molecule is Nc1nc2ncccc2c(=O)n1Cc1ccc(-c2ccccc2-c2nn[nH]n2)cc1. The predicted molar refractivity (Wildman–Crippen MR) is 112 cm³/mol. The quantitative estimate of drug-likeness (QED) is 0.477. The van der Waals surface area contributed by atoms with Gasteiger partial charge in [-0.2, -0.15) is 10.2 Å². The molecule has 146 valence electrons. The predicted octanol–water partition coefficient (Wildman–Crippen LogP) is 2.27. The van der Waals surface area contributed by atoms with Gasteiger partial charge in [0.05, 0.1) is 11.9 Å². The van der Waals surface area contributed by atoms with Crippen LogP contribution in [0.25, 0.3) is 33.5 Å². The van der Waals surface area contributed by atoms with Gasteiger partial charge < -0.3 is 5.73 Å². The van der Waals surface area contributed by atoms with E-state index in [4.69, 9.17) is 5.73 Å².